The Morgan fingerprint density at radius 2 is 2.35 bits per heavy atom. The van der Waals surface area contributed by atoms with Gasteiger partial charge in [0.1, 0.15) is 5.75 Å². The number of nitrogens with two attached hydrogens (primary N) is 1. The standard InChI is InChI=1S/C12H15N3OS/c1-8-15-9(7-17-8)5-11(13)10-3-4-14-6-12(10)16-2/h3-4,6-7,11H,5,13H2,1-2H3. The number of methoxy groups -OCH3 is 1. The summed E-state index contributed by atoms with van der Waals surface area (Å²) in [5, 5.41) is 3.11. The molecule has 2 rings (SSSR count). The van der Waals surface area contributed by atoms with E-state index < -0.39 is 0 Å². The Kier molecular flexibility index (Phi) is 3.71. The second kappa shape index (κ2) is 5.25. The van der Waals surface area contributed by atoms with Crippen LogP contribution < -0.4 is 10.5 Å². The third-order valence-corrected chi connectivity index (χ3v) is 3.35. The van der Waals surface area contributed by atoms with Gasteiger partial charge in [0, 0.05) is 29.6 Å². The maximum absolute atomic E-state index is 6.17. The highest BCUT2D eigenvalue weighted by molar-refractivity contribution is 7.09. The molecule has 0 radical (unpaired) electrons. The number of rotatable bonds is 4. The largest absolute Gasteiger partial charge is 0.495 e. The van der Waals surface area contributed by atoms with Gasteiger partial charge < -0.3 is 10.5 Å². The van der Waals surface area contributed by atoms with E-state index >= 15 is 0 Å². The molecule has 2 aromatic heterocycles. The first-order valence-corrected chi connectivity index (χ1v) is 6.23. The number of ether oxygens (including phenoxy) is 1. The van der Waals surface area contributed by atoms with Crippen molar-refractivity contribution in [1.82, 2.24) is 9.97 Å². The molecule has 1 atom stereocenters. The highest BCUT2D eigenvalue weighted by atomic mass is 32.1. The van der Waals surface area contributed by atoms with Gasteiger partial charge in [-0.15, -0.1) is 11.3 Å². The van der Waals surface area contributed by atoms with Crippen molar-refractivity contribution in [2.75, 3.05) is 7.11 Å². The van der Waals surface area contributed by atoms with Crippen molar-refractivity contribution in [2.24, 2.45) is 5.73 Å². The lowest BCUT2D eigenvalue weighted by molar-refractivity contribution is 0.403. The summed E-state index contributed by atoms with van der Waals surface area (Å²) in [5.41, 5.74) is 8.16. The molecular weight excluding hydrogens is 234 g/mol. The molecule has 0 spiro atoms. The minimum Gasteiger partial charge on any atom is -0.495 e. The Balaban J connectivity index is 2.16. The van der Waals surface area contributed by atoms with Gasteiger partial charge in [0.2, 0.25) is 0 Å². The van der Waals surface area contributed by atoms with Gasteiger partial charge in [0.25, 0.3) is 0 Å². The lowest BCUT2D eigenvalue weighted by Gasteiger charge is -2.13. The van der Waals surface area contributed by atoms with Gasteiger partial charge >= 0.3 is 0 Å². The number of aromatic nitrogens is 2. The smallest absolute Gasteiger partial charge is 0.141 e. The van der Waals surface area contributed by atoms with Crippen molar-refractivity contribution >= 4 is 11.3 Å². The van der Waals surface area contributed by atoms with Crippen LogP contribution in [-0.2, 0) is 6.42 Å². The van der Waals surface area contributed by atoms with E-state index in [1.165, 1.54) is 0 Å². The second-order valence-electron chi connectivity index (χ2n) is 3.79. The fraction of sp³-hybridized carbons (Fsp3) is 0.333. The zero-order valence-corrected chi connectivity index (χ0v) is 10.7. The predicted molar refractivity (Wildman–Crippen MR) is 68.3 cm³/mol. The third-order valence-electron chi connectivity index (χ3n) is 2.53. The lowest BCUT2D eigenvalue weighted by atomic mass is 10.0. The van der Waals surface area contributed by atoms with Crippen molar-refractivity contribution < 1.29 is 4.74 Å². The monoisotopic (exact) mass is 249 g/mol. The number of pyridine rings is 1. The van der Waals surface area contributed by atoms with Crippen LogP contribution >= 0.6 is 11.3 Å². The summed E-state index contributed by atoms with van der Waals surface area (Å²) in [6.45, 7) is 1.99. The normalized spacial score (nSPS) is 12.4. The van der Waals surface area contributed by atoms with E-state index in [-0.39, 0.29) is 6.04 Å². The van der Waals surface area contributed by atoms with Crippen molar-refractivity contribution in [3.05, 3.63) is 40.1 Å². The van der Waals surface area contributed by atoms with Gasteiger partial charge in [-0.1, -0.05) is 0 Å². The molecule has 0 saturated carbocycles. The molecular formula is C12H15N3OS. The van der Waals surface area contributed by atoms with E-state index in [9.17, 15) is 0 Å². The molecule has 2 heterocycles. The Morgan fingerprint density at radius 3 is 3.00 bits per heavy atom. The highest BCUT2D eigenvalue weighted by Gasteiger charge is 2.13. The number of hydrogen-bond donors (Lipinski definition) is 1. The zero-order valence-electron chi connectivity index (χ0n) is 9.88. The highest BCUT2D eigenvalue weighted by Crippen LogP contribution is 2.25. The predicted octanol–water partition coefficient (Wildman–Crippen LogP) is 2.10. The second-order valence-corrected chi connectivity index (χ2v) is 4.85. The summed E-state index contributed by atoms with van der Waals surface area (Å²) < 4.78 is 5.25. The van der Waals surface area contributed by atoms with E-state index in [0.29, 0.717) is 6.42 Å². The molecule has 0 aliphatic carbocycles. The molecule has 0 aromatic carbocycles. The summed E-state index contributed by atoms with van der Waals surface area (Å²) in [5.74, 6) is 0.729. The Labute approximate surface area is 104 Å². The summed E-state index contributed by atoms with van der Waals surface area (Å²) in [6.07, 6.45) is 4.12. The van der Waals surface area contributed by atoms with Gasteiger partial charge in [-0.3, -0.25) is 4.98 Å². The van der Waals surface area contributed by atoms with Crippen LogP contribution in [0.25, 0.3) is 0 Å². The molecule has 0 amide bonds. The van der Waals surface area contributed by atoms with Gasteiger partial charge in [-0.25, -0.2) is 4.98 Å². The van der Waals surface area contributed by atoms with E-state index in [2.05, 4.69) is 9.97 Å². The zero-order chi connectivity index (χ0) is 12.3. The minimum atomic E-state index is -0.116. The fourth-order valence-corrected chi connectivity index (χ4v) is 2.33. The third kappa shape index (κ3) is 2.81. The van der Waals surface area contributed by atoms with Crippen LogP contribution in [0.4, 0.5) is 0 Å². The number of nitrogens with zero attached hydrogens (tertiary/aromatic N) is 2. The average molecular weight is 249 g/mol. The van der Waals surface area contributed by atoms with Crippen LogP contribution in [0.15, 0.2) is 23.8 Å². The topological polar surface area (TPSA) is 61.0 Å². The van der Waals surface area contributed by atoms with E-state index in [4.69, 9.17) is 10.5 Å². The summed E-state index contributed by atoms with van der Waals surface area (Å²) >= 11 is 1.64. The van der Waals surface area contributed by atoms with Gasteiger partial charge in [0.15, 0.2) is 0 Å². The van der Waals surface area contributed by atoms with Gasteiger partial charge in [-0.2, -0.15) is 0 Å². The lowest BCUT2D eigenvalue weighted by Crippen LogP contribution is -2.14. The van der Waals surface area contributed by atoms with Crippen LogP contribution in [-0.4, -0.2) is 17.1 Å². The first kappa shape index (κ1) is 12.0. The van der Waals surface area contributed by atoms with E-state index in [1.54, 1.807) is 30.8 Å². The Morgan fingerprint density at radius 1 is 1.53 bits per heavy atom. The fourth-order valence-electron chi connectivity index (χ4n) is 1.70. The van der Waals surface area contributed by atoms with Crippen molar-refractivity contribution in [3.8, 4) is 5.75 Å². The van der Waals surface area contributed by atoms with Crippen LogP contribution in [0.3, 0.4) is 0 Å². The number of aryl methyl sites for hydroxylation is 1. The molecule has 0 bridgehead atoms. The maximum atomic E-state index is 6.17. The van der Waals surface area contributed by atoms with Crippen LogP contribution in [0, 0.1) is 6.92 Å². The number of hydrogen-bond acceptors (Lipinski definition) is 5. The quantitative estimate of drug-likeness (QED) is 0.901. The van der Waals surface area contributed by atoms with Crippen molar-refractivity contribution in [3.63, 3.8) is 0 Å². The van der Waals surface area contributed by atoms with Crippen molar-refractivity contribution in [1.29, 1.82) is 0 Å². The van der Waals surface area contributed by atoms with E-state index in [1.807, 2.05) is 18.4 Å². The summed E-state index contributed by atoms with van der Waals surface area (Å²) in [4.78, 5) is 8.43. The summed E-state index contributed by atoms with van der Waals surface area (Å²) in [7, 11) is 1.63. The SMILES string of the molecule is COc1cnccc1C(N)Cc1csc(C)n1. The molecule has 0 saturated heterocycles. The Hall–Kier alpha value is -1.46. The molecule has 2 aromatic rings. The molecule has 5 heteroatoms. The first-order valence-electron chi connectivity index (χ1n) is 5.35. The maximum Gasteiger partial charge on any atom is 0.141 e. The molecule has 4 nitrogen and oxygen atoms in total. The molecule has 2 N–H and O–H groups in total. The molecule has 17 heavy (non-hydrogen) atoms. The van der Waals surface area contributed by atoms with Crippen LogP contribution in [0.5, 0.6) is 5.75 Å². The molecule has 0 aliphatic heterocycles. The minimum absolute atomic E-state index is 0.116. The Bertz CT molecular complexity index is 498. The molecule has 1 unspecified atom stereocenters. The molecule has 0 aliphatic rings. The number of thiazole rings is 1. The molecule has 0 fully saturated rings. The van der Waals surface area contributed by atoms with Crippen molar-refractivity contribution in [2.45, 2.75) is 19.4 Å². The van der Waals surface area contributed by atoms with E-state index in [0.717, 1.165) is 22.0 Å². The van der Waals surface area contributed by atoms with Gasteiger partial charge in [-0.05, 0) is 13.0 Å². The summed E-state index contributed by atoms with van der Waals surface area (Å²) in [6, 6.07) is 1.78. The molecule has 90 valence electrons. The van der Waals surface area contributed by atoms with Gasteiger partial charge in [0.05, 0.1) is 24.0 Å². The van der Waals surface area contributed by atoms with Crippen LogP contribution in [0.2, 0.25) is 0 Å². The first-order chi connectivity index (χ1) is 8.20. The average Bonchev–Trinajstić information content (AvgIpc) is 2.74. The van der Waals surface area contributed by atoms with Crippen LogP contribution in [0.1, 0.15) is 22.3 Å².